The molecule has 0 saturated heterocycles. The highest BCUT2D eigenvalue weighted by molar-refractivity contribution is 5.76. The zero-order valence-electron chi connectivity index (χ0n) is 10.5. The normalized spacial score (nSPS) is 12.5. The summed E-state index contributed by atoms with van der Waals surface area (Å²) in [4.78, 5) is 13.2. The second kappa shape index (κ2) is 6.25. The molecule has 0 heterocycles. The molecule has 0 saturated carbocycles. The Morgan fingerprint density at radius 1 is 1.47 bits per heavy atom. The first-order valence-electron chi connectivity index (χ1n) is 5.56. The number of methoxy groups -OCH3 is 1. The van der Waals surface area contributed by atoms with Crippen molar-refractivity contribution in [3.63, 3.8) is 0 Å². The Bertz CT molecular complexity index is 377. The van der Waals surface area contributed by atoms with Crippen molar-refractivity contribution in [3.8, 4) is 5.75 Å². The van der Waals surface area contributed by atoms with Crippen LogP contribution in [-0.2, 0) is 4.79 Å². The summed E-state index contributed by atoms with van der Waals surface area (Å²) in [6, 6.07) is 7.25. The molecule has 0 bridgehead atoms. The Kier molecular flexibility index (Phi) is 4.97. The molecule has 0 amide bonds. The molecule has 0 aliphatic carbocycles. The van der Waals surface area contributed by atoms with Gasteiger partial charge in [0, 0.05) is 0 Å². The van der Waals surface area contributed by atoms with E-state index in [1.54, 1.807) is 13.2 Å². The Hall–Kier alpha value is -1.55. The zero-order valence-corrected chi connectivity index (χ0v) is 10.5. The fourth-order valence-corrected chi connectivity index (χ4v) is 1.68. The van der Waals surface area contributed by atoms with Gasteiger partial charge in [-0.15, -0.1) is 0 Å². The van der Waals surface area contributed by atoms with E-state index in [0.29, 0.717) is 12.2 Å². The number of hydrogen-bond donors (Lipinski definition) is 1. The van der Waals surface area contributed by atoms with Crippen LogP contribution in [0.5, 0.6) is 5.75 Å². The third kappa shape index (κ3) is 4.07. The van der Waals surface area contributed by atoms with E-state index in [-0.39, 0.29) is 0 Å². The predicted molar refractivity (Wildman–Crippen MR) is 66.5 cm³/mol. The molecule has 1 rings (SSSR count). The van der Waals surface area contributed by atoms with Crippen LogP contribution in [0.3, 0.4) is 0 Å². The molecule has 0 fully saturated rings. The molecule has 94 valence electrons. The smallest absolute Gasteiger partial charge is 0.311 e. The van der Waals surface area contributed by atoms with Gasteiger partial charge in [0.15, 0.2) is 0 Å². The maximum absolute atomic E-state index is 11.3. The number of hydrogen-bond acceptors (Lipinski definition) is 3. The van der Waals surface area contributed by atoms with Crippen molar-refractivity contribution in [1.29, 1.82) is 0 Å². The lowest BCUT2D eigenvalue weighted by molar-refractivity contribution is -0.139. The molecule has 1 atom stereocenters. The lowest BCUT2D eigenvalue weighted by atomic mass is 9.95. The van der Waals surface area contributed by atoms with Crippen molar-refractivity contribution in [2.45, 2.75) is 12.3 Å². The van der Waals surface area contributed by atoms with E-state index in [1.807, 2.05) is 37.2 Å². The lowest BCUT2D eigenvalue weighted by Crippen LogP contribution is -2.20. The third-order valence-electron chi connectivity index (χ3n) is 2.66. The number of nitrogens with zero attached hydrogens (tertiary/aromatic N) is 1. The number of carbonyl (C=O) groups is 1. The highest BCUT2D eigenvalue weighted by Crippen LogP contribution is 2.24. The van der Waals surface area contributed by atoms with E-state index in [1.165, 1.54) is 0 Å². The molecular formula is C13H19NO3. The summed E-state index contributed by atoms with van der Waals surface area (Å²) in [6.45, 7) is 0.744. The van der Waals surface area contributed by atoms with Gasteiger partial charge < -0.3 is 14.7 Å². The molecule has 0 spiro atoms. The fraction of sp³-hybridized carbons (Fsp3) is 0.462. The second-order valence-corrected chi connectivity index (χ2v) is 4.26. The lowest BCUT2D eigenvalue weighted by Gasteiger charge is -2.16. The van der Waals surface area contributed by atoms with Crippen LogP contribution in [0.15, 0.2) is 24.3 Å². The van der Waals surface area contributed by atoms with Crippen molar-refractivity contribution in [2.75, 3.05) is 27.7 Å². The topological polar surface area (TPSA) is 49.8 Å². The molecule has 0 radical (unpaired) electrons. The summed E-state index contributed by atoms with van der Waals surface area (Å²) in [5, 5.41) is 9.24. The number of carboxylic acid groups (broad SMARTS) is 1. The first-order valence-corrected chi connectivity index (χ1v) is 5.56. The Morgan fingerprint density at radius 3 is 2.71 bits per heavy atom. The molecular weight excluding hydrogens is 218 g/mol. The van der Waals surface area contributed by atoms with Crippen molar-refractivity contribution < 1.29 is 14.6 Å². The average molecular weight is 237 g/mol. The van der Waals surface area contributed by atoms with Crippen LogP contribution in [0.25, 0.3) is 0 Å². The maximum atomic E-state index is 11.3. The van der Waals surface area contributed by atoms with Crippen LogP contribution < -0.4 is 4.74 Å². The monoisotopic (exact) mass is 237 g/mol. The SMILES string of the molecule is COc1cccc([C@@H](CCN(C)C)C(=O)O)c1. The molecule has 0 aliphatic rings. The second-order valence-electron chi connectivity index (χ2n) is 4.26. The molecule has 4 nitrogen and oxygen atoms in total. The van der Waals surface area contributed by atoms with Gasteiger partial charge in [-0.25, -0.2) is 0 Å². The zero-order chi connectivity index (χ0) is 12.8. The minimum Gasteiger partial charge on any atom is -0.497 e. The van der Waals surface area contributed by atoms with E-state index in [2.05, 4.69) is 0 Å². The minimum absolute atomic E-state index is 0.479. The summed E-state index contributed by atoms with van der Waals surface area (Å²) in [5.74, 6) is -0.578. The Balaban J connectivity index is 2.85. The van der Waals surface area contributed by atoms with E-state index < -0.39 is 11.9 Å². The van der Waals surface area contributed by atoms with Crippen molar-refractivity contribution in [2.24, 2.45) is 0 Å². The van der Waals surface area contributed by atoms with E-state index in [4.69, 9.17) is 4.74 Å². The Labute approximate surface area is 102 Å². The summed E-state index contributed by atoms with van der Waals surface area (Å²) >= 11 is 0. The third-order valence-corrected chi connectivity index (χ3v) is 2.66. The standard InChI is InChI=1S/C13H19NO3/c1-14(2)8-7-12(13(15)16)10-5-4-6-11(9-10)17-3/h4-6,9,12H,7-8H2,1-3H3,(H,15,16)/t12-/m1/s1. The van der Waals surface area contributed by atoms with Crippen molar-refractivity contribution in [3.05, 3.63) is 29.8 Å². The largest absolute Gasteiger partial charge is 0.497 e. The van der Waals surface area contributed by atoms with E-state index in [9.17, 15) is 9.90 Å². The van der Waals surface area contributed by atoms with Gasteiger partial charge in [0.1, 0.15) is 5.75 Å². The van der Waals surface area contributed by atoms with Crippen molar-refractivity contribution in [1.82, 2.24) is 4.90 Å². The molecule has 0 unspecified atom stereocenters. The molecule has 1 N–H and O–H groups in total. The van der Waals surface area contributed by atoms with Crippen LogP contribution in [0.1, 0.15) is 17.9 Å². The van der Waals surface area contributed by atoms with Gasteiger partial charge >= 0.3 is 5.97 Å². The summed E-state index contributed by atoms with van der Waals surface area (Å²) in [6.07, 6.45) is 0.593. The first-order chi connectivity index (χ1) is 8.04. The number of benzene rings is 1. The van der Waals surface area contributed by atoms with Gasteiger partial charge in [0.25, 0.3) is 0 Å². The van der Waals surface area contributed by atoms with Gasteiger partial charge in [-0.3, -0.25) is 4.79 Å². The molecule has 17 heavy (non-hydrogen) atoms. The van der Waals surface area contributed by atoms with Crippen LogP contribution in [0.2, 0.25) is 0 Å². The Morgan fingerprint density at radius 2 is 2.18 bits per heavy atom. The number of aliphatic carboxylic acids is 1. The number of ether oxygens (including phenoxy) is 1. The van der Waals surface area contributed by atoms with Crippen molar-refractivity contribution >= 4 is 5.97 Å². The molecule has 0 aromatic heterocycles. The van der Waals surface area contributed by atoms with Crippen LogP contribution in [-0.4, -0.2) is 43.7 Å². The maximum Gasteiger partial charge on any atom is 0.311 e. The highest BCUT2D eigenvalue weighted by atomic mass is 16.5. The number of carboxylic acids is 1. The average Bonchev–Trinajstić information content (AvgIpc) is 2.28. The van der Waals surface area contributed by atoms with Gasteiger partial charge in [0.2, 0.25) is 0 Å². The minimum atomic E-state index is -0.792. The first kappa shape index (κ1) is 13.5. The van der Waals surface area contributed by atoms with E-state index in [0.717, 1.165) is 12.1 Å². The van der Waals surface area contributed by atoms with Crippen LogP contribution >= 0.6 is 0 Å². The summed E-state index contributed by atoms with van der Waals surface area (Å²) < 4.78 is 5.11. The van der Waals surface area contributed by atoms with Gasteiger partial charge in [0.05, 0.1) is 13.0 Å². The molecule has 1 aromatic carbocycles. The quantitative estimate of drug-likeness (QED) is 0.820. The summed E-state index contributed by atoms with van der Waals surface area (Å²) in [5.41, 5.74) is 0.790. The van der Waals surface area contributed by atoms with Gasteiger partial charge in [-0.05, 0) is 44.8 Å². The fourth-order valence-electron chi connectivity index (χ4n) is 1.68. The van der Waals surface area contributed by atoms with E-state index >= 15 is 0 Å². The predicted octanol–water partition coefficient (Wildman–Crippen LogP) is 1.82. The molecule has 0 aliphatic heterocycles. The van der Waals surface area contributed by atoms with Crippen LogP contribution in [0.4, 0.5) is 0 Å². The molecule has 1 aromatic rings. The number of rotatable bonds is 6. The molecule has 4 heteroatoms. The summed E-state index contributed by atoms with van der Waals surface area (Å²) in [7, 11) is 5.45. The van der Waals surface area contributed by atoms with Gasteiger partial charge in [-0.1, -0.05) is 12.1 Å². The highest BCUT2D eigenvalue weighted by Gasteiger charge is 2.20. The van der Waals surface area contributed by atoms with Crippen LogP contribution in [0, 0.1) is 0 Å². The van der Waals surface area contributed by atoms with Gasteiger partial charge in [-0.2, -0.15) is 0 Å².